The smallest absolute Gasteiger partial charge is 0.296 e. The molecule has 15 heavy (non-hydrogen) atoms. The maximum absolute atomic E-state index is 10.9. The van der Waals surface area contributed by atoms with Gasteiger partial charge in [0.1, 0.15) is 11.4 Å². The molecule has 0 heterocycles. The Balaban J connectivity index is 3.06. The van der Waals surface area contributed by atoms with Gasteiger partial charge in [-0.15, -0.1) is 0 Å². The summed E-state index contributed by atoms with van der Waals surface area (Å²) in [7, 11) is 0. The number of carbonyl (C=O) groups excluding carboxylic acids is 1. The molecule has 0 aliphatic rings. The number of amides is 1. The Morgan fingerprint density at radius 2 is 2.27 bits per heavy atom. The zero-order valence-corrected chi connectivity index (χ0v) is 7.64. The van der Waals surface area contributed by atoms with E-state index in [2.05, 4.69) is 5.32 Å². The second-order valence-electron chi connectivity index (χ2n) is 2.71. The van der Waals surface area contributed by atoms with Gasteiger partial charge in [0.25, 0.3) is 5.69 Å². The quantitative estimate of drug-likeness (QED) is 0.375. The highest BCUT2D eigenvalue weighted by Gasteiger charge is 2.15. The van der Waals surface area contributed by atoms with Gasteiger partial charge in [-0.1, -0.05) is 0 Å². The number of nitro groups is 1. The minimum Gasteiger partial charge on any atom is -0.508 e. The van der Waals surface area contributed by atoms with E-state index in [1.807, 2.05) is 0 Å². The van der Waals surface area contributed by atoms with Crippen LogP contribution in [0.5, 0.6) is 5.75 Å². The molecule has 1 aromatic carbocycles. The predicted molar refractivity (Wildman–Crippen MR) is 52.4 cm³/mol. The summed E-state index contributed by atoms with van der Waals surface area (Å²) in [4.78, 5) is 20.8. The molecule has 0 fully saturated rings. The van der Waals surface area contributed by atoms with Crippen molar-refractivity contribution in [1.82, 2.24) is 0 Å². The summed E-state index contributed by atoms with van der Waals surface area (Å²) in [6.45, 7) is -0.266. The van der Waals surface area contributed by atoms with Crippen molar-refractivity contribution in [2.24, 2.45) is 5.73 Å². The molecular formula is C8H9N3O4. The van der Waals surface area contributed by atoms with Gasteiger partial charge in [0.15, 0.2) is 0 Å². The van der Waals surface area contributed by atoms with Gasteiger partial charge >= 0.3 is 0 Å². The number of carbonyl (C=O) groups is 1. The summed E-state index contributed by atoms with van der Waals surface area (Å²) in [5.74, 6) is -0.781. The fourth-order valence-electron chi connectivity index (χ4n) is 0.978. The van der Waals surface area contributed by atoms with E-state index in [1.54, 1.807) is 0 Å². The summed E-state index contributed by atoms with van der Waals surface area (Å²) in [5.41, 5.74) is 4.67. The third-order valence-electron chi connectivity index (χ3n) is 1.64. The van der Waals surface area contributed by atoms with Crippen molar-refractivity contribution in [3.63, 3.8) is 0 Å². The van der Waals surface area contributed by atoms with Crippen molar-refractivity contribution >= 4 is 17.3 Å². The lowest BCUT2D eigenvalue weighted by Crippen LogP contribution is -2.22. The molecule has 0 aliphatic carbocycles. The van der Waals surface area contributed by atoms with Crippen LogP contribution < -0.4 is 11.1 Å². The number of hydrogen-bond acceptors (Lipinski definition) is 5. The van der Waals surface area contributed by atoms with E-state index in [0.29, 0.717) is 0 Å². The third-order valence-corrected chi connectivity index (χ3v) is 1.64. The van der Waals surface area contributed by atoms with Gasteiger partial charge in [0.05, 0.1) is 17.5 Å². The van der Waals surface area contributed by atoms with Crippen LogP contribution in [0.4, 0.5) is 11.4 Å². The van der Waals surface area contributed by atoms with E-state index >= 15 is 0 Å². The molecule has 1 rings (SSSR count). The number of nitrogens with zero attached hydrogens (tertiary/aromatic N) is 1. The molecule has 0 saturated carbocycles. The van der Waals surface area contributed by atoms with E-state index in [0.717, 1.165) is 6.07 Å². The van der Waals surface area contributed by atoms with Crippen molar-refractivity contribution in [2.75, 3.05) is 11.9 Å². The van der Waals surface area contributed by atoms with Crippen molar-refractivity contribution in [3.8, 4) is 5.75 Å². The first kappa shape index (κ1) is 10.9. The minimum atomic E-state index is -0.703. The second-order valence-corrected chi connectivity index (χ2v) is 2.71. The standard InChI is InChI=1S/C8H9N3O4/c9-4-8(13)10-6-2-1-5(12)3-7(6)11(14)15/h1-3,12H,4,9H2,(H,10,13). The molecule has 0 atom stereocenters. The summed E-state index contributed by atoms with van der Waals surface area (Å²) >= 11 is 0. The van der Waals surface area contributed by atoms with Gasteiger partial charge < -0.3 is 16.2 Å². The second kappa shape index (κ2) is 4.38. The predicted octanol–water partition coefficient (Wildman–Crippen LogP) is 0.198. The molecule has 0 aromatic heterocycles. The van der Waals surface area contributed by atoms with Crippen LogP contribution in [-0.4, -0.2) is 22.5 Å². The fourth-order valence-corrected chi connectivity index (χ4v) is 0.978. The van der Waals surface area contributed by atoms with Crippen molar-refractivity contribution in [2.45, 2.75) is 0 Å². The minimum absolute atomic E-state index is 0.00764. The summed E-state index contributed by atoms with van der Waals surface area (Å²) in [6, 6.07) is 3.42. The monoisotopic (exact) mass is 211 g/mol. The Morgan fingerprint density at radius 1 is 1.60 bits per heavy atom. The van der Waals surface area contributed by atoms with Crippen LogP contribution in [-0.2, 0) is 4.79 Å². The number of anilines is 1. The molecule has 7 nitrogen and oxygen atoms in total. The Kier molecular flexibility index (Phi) is 3.19. The normalized spacial score (nSPS) is 9.67. The van der Waals surface area contributed by atoms with Crippen LogP contribution >= 0.6 is 0 Å². The first-order chi connectivity index (χ1) is 7.04. The molecular weight excluding hydrogens is 202 g/mol. The molecule has 80 valence electrons. The van der Waals surface area contributed by atoms with E-state index in [-0.39, 0.29) is 23.7 Å². The molecule has 1 amide bonds. The fraction of sp³-hybridized carbons (Fsp3) is 0.125. The van der Waals surface area contributed by atoms with Crippen molar-refractivity contribution in [1.29, 1.82) is 0 Å². The van der Waals surface area contributed by atoms with Gasteiger partial charge in [0.2, 0.25) is 5.91 Å². The number of phenolic OH excluding ortho intramolecular Hbond substituents is 1. The molecule has 7 heteroatoms. The highest BCUT2D eigenvalue weighted by Crippen LogP contribution is 2.28. The van der Waals surface area contributed by atoms with Gasteiger partial charge in [-0.2, -0.15) is 0 Å². The average Bonchev–Trinajstić information content (AvgIpc) is 2.20. The number of hydrogen-bond donors (Lipinski definition) is 3. The van der Waals surface area contributed by atoms with Crippen LogP contribution in [0.2, 0.25) is 0 Å². The molecule has 0 radical (unpaired) electrons. The number of nitro benzene ring substituents is 1. The zero-order chi connectivity index (χ0) is 11.4. The first-order valence-electron chi connectivity index (χ1n) is 4.02. The van der Waals surface area contributed by atoms with E-state index in [9.17, 15) is 14.9 Å². The van der Waals surface area contributed by atoms with Gasteiger partial charge in [-0.05, 0) is 12.1 Å². The Hall–Kier alpha value is -2.15. The number of rotatable bonds is 3. The maximum atomic E-state index is 10.9. The Morgan fingerprint density at radius 3 is 2.80 bits per heavy atom. The zero-order valence-electron chi connectivity index (χ0n) is 7.64. The highest BCUT2D eigenvalue weighted by molar-refractivity contribution is 5.94. The van der Waals surface area contributed by atoms with E-state index < -0.39 is 10.8 Å². The molecule has 1 aromatic rings. The maximum Gasteiger partial charge on any atom is 0.296 e. The Bertz CT molecular complexity index is 405. The van der Waals surface area contributed by atoms with Gasteiger partial charge in [-0.3, -0.25) is 14.9 Å². The first-order valence-corrected chi connectivity index (χ1v) is 4.02. The lowest BCUT2D eigenvalue weighted by atomic mass is 10.2. The van der Waals surface area contributed by atoms with E-state index in [4.69, 9.17) is 10.8 Å². The summed E-state index contributed by atoms with van der Waals surface area (Å²) in [6.07, 6.45) is 0. The number of nitrogens with one attached hydrogen (secondary N) is 1. The van der Waals surface area contributed by atoms with Crippen LogP contribution in [0.1, 0.15) is 0 Å². The summed E-state index contributed by atoms with van der Waals surface area (Å²) < 4.78 is 0. The highest BCUT2D eigenvalue weighted by atomic mass is 16.6. The Labute approximate surface area is 84.7 Å². The van der Waals surface area contributed by atoms with Crippen molar-refractivity contribution in [3.05, 3.63) is 28.3 Å². The molecule has 4 N–H and O–H groups in total. The summed E-state index contributed by atoms with van der Waals surface area (Å²) in [5, 5.41) is 21.8. The molecule has 0 saturated heterocycles. The molecule has 0 aliphatic heterocycles. The number of aromatic hydroxyl groups is 1. The van der Waals surface area contributed by atoms with Gasteiger partial charge in [-0.25, -0.2) is 0 Å². The van der Waals surface area contributed by atoms with Crippen LogP contribution in [0, 0.1) is 10.1 Å². The number of nitrogens with two attached hydrogens (primary N) is 1. The lowest BCUT2D eigenvalue weighted by Gasteiger charge is -2.04. The van der Waals surface area contributed by atoms with Gasteiger partial charge in [0, 0.05) is 0 Å². The largest absolute Gasteiger partial charge is 0.508 e. The topological polar surface area (TPSA) is 118 Å². The lowest BCUT2D eigenvalue weighted by molar-refractivity contribution is -0.384. The van der Waals surface area contributed by atoms with E-state index in [1.165, 1.54) is 12.1 Å². The molecule has 0 unspecified atom stereocenters. The van der Waals surface area contributed by atoms with Crippen LogP contribution in [0.25, 0.3) is 0 Å². The number of benzene rings is 1. The SMILES string of the molecule is NCC(=O)Nc1ccc(O)cc1[N+](=O)[O-]. The molecule has 0 spiro atoms. The van der Waals surface area contributed by atoms with Crippen LogP contribution in [0.3, 0.4) is 0 Å². The molecule has 0 bridgehead atoms. The average molecular weight is 211 g/mol. The number of phenols is 1. The third kappa shape index (κ3) is 2.64. The van der Waals surface area contributed by atoms with Crippen molar-refractivity contribution < 1.29 is 14.8 Å². The van der Waals surface area contributed by atoms with Crippen LogP contribution in [0.15, 0.2) is 18.2 Å².